The summed E-state index contributed by atoms with van der Waals surface area (Å²) in [4.78, 5) is 25.3. The van der Waals surface area contributed by atoms with Gasteiger partial charge in [-0.3, -0.25) is 9.36 Å². The summed E-state index contributed by atoms with van der Waals surface area (Å²) in [6.45, 7) is 5.04. The summed E-state index contributed by atoms with van der Waals surface area (Å²) in [6.07, 6.45) is -10.6. The second kappa shape index (κ2) is 18.2. The van der Waals surface area contributed by atoms with Crippen LogP contribution in [-0.2, 0) is 39.6 Å². The number of carbonyl (C=O) groups excluding carboxylic acids is 1. The second-order valence-corrected chi connectivity index (χ2v) is 15.7. The first-order chi connectivity index (χ1) is 26.1. The number of aliphatic hydroxyl groups excluding tert-OH is 6. The average molecular weight is 801 g/mol. The Kier molecular flexibility index (Phi) is 14.2. The average Bonchev–Trinajstić information content (AvgIpc) is 3.56. The van der Waals surface area contributed by atoms with E-state index in [1.165, 1.54) is 13.3 Å². The van der Waals surface area contributed by atoms with Gasteiger partial charge in [-0.15, -0.1) is 0 Å². The Hall–Kier alpha value is -3.41. The third-order valence-electron chi connectivity index (χ3n) is 8.84. The maximum absolute atomic E-state index is 14.0. The van der Waals surface area contributed by atoms with Crippen LogP contribution in [0.25, 0.3) is 11.2 Å². The second-order valence-electron chi connectivity index (χ2n) is 13.6. The van der Waals surface area contributed by atoms with Crippen molar-refractivity contribution < 1.29 is 73.3 Å². The van der Waals surface area contributed by atoms with Crippen LogP contribution in [0, 0.1) is 5.92 Å². The number of benzene rings is 1. The molecule has 1 aromatic carbocycles. The molecule has 0 amide bonds. The van der Waals surface area contributed by atoms with Crippen molar-refractivity contribution >= 4 is 30.5 Å². The number of hydrogen-bond acceptors (Lipinski definition) is 19. The van der Waals surface area contributed by atoms with Gasteiger partial charge < -0.3 is 73.8 Å². The van der Waals surface area contributed by atoms with Gasteiger partial charge in [0.1, 0.15) is 55.0 Å². The van der Waals surface area contributed by atoms with E-state index in [0.29, 0.717) is 5.75 Å². The molecule has 2 fully saturated rings. The van der Waals surface area contributed by atoms with Crippen LogP contribution in [0.15, 0.2) is 43.0 Å². The first-order valence-electron chi connectivity index (χ1n) is 17.6. The van der Waals surface area contributed by atoms with Gasteiger partial charge in [0.05, 0.1) is 44.9 Å². The number of hydrogen-bond donors (Lipinski definition) is 9. The van der Waals surface area contributed by atoms with Crippen molar-refractivity contribution in [2.75, 3.05) is 31.5 Å². The first-order valence-corrected chi connectivity index (χ1v) is 19.4. The molecule has 306 valence electrons. The zero-order chi connectivity index (χ0) is 40.1. The molecule has 4 heterocycles. The molecule has 2 aliphatic heterocycles. The molecule has 55 heavy (non-hydrogen) atoms. The molecule has 3 aromatic rings. The zero-order valence-corrected chi connectivity index (χ0v) is 31.5. The monoisotopic (exact) mass is 800 g/mol. The summed E-state index contributed by atoms with van der Waals surface area (Å²) in [5.41, 5.74) is 0.392. The van der Waals surface area contributed by atoms with Crippen LogP contribution in [0.2, 0.25) is 0 Å². The van der Waals surface area contributed by atoms with Crippen LogP contribution in [0.3, 0.4) is 0 Å². The molecular weight excluding hydrogens is 751 g/mol. The fraction of sp³-hybridized carbons (Fsp3) is 0.636. The summed E-state index contributed by atoms with van der Waals surface area (Å²) in [7, 11) is -3.85. The van der Waals surface area contributed by atoms with Gasteiger partial charge in [-0.05, 0) is 39.8 Å². The van der Waals surface area contributed by atoms with E-state index in [0.717, 1.165) is 6.33 Å². The van der Waals surface area contributed by atoms with Gasteiger partial charge >= 0.3 is 13.5 Å². The molecule has 21 nitrogen and oxygen atoms in total. The topological polar surface area (TPSA) is 299 Å². The summed E-state index contributed by atoms with van der Waals surface area (Å²) in [5.74, 6) is -3.98. The van der Waals surface area contributed by atoms with Crippen molar-refractivity contribution in [3.63, 3.8) is 0 Å². The Bertz CT molecular complexity index is 1760. The van der Waals surface area contributed by atoms with Gasteiger partial charge in [-0.25, -0.2) is 20.0 Å². The molecule has 12 atom stereocenters. The Morgan fingerprint density at radius 1 is 1.04 bits per heavy atom. The number of ether oxygens (including phenoxy) is 5. The molecule has 12 unspecified atom stereocenters. The highest BCUT2D eigenvalue weighted by Crippen LogP contribution is 2.44. The fourth-order valence-corrected chi connectivity index (χ4v) is 7.72. The molecule has 9 N–H and O–H groups in total. The van der Waals surface area contributed by atoms with E-state index in [9.17, 15) is 45.1 Å². The van der Waals surface area contributed by atoms with Gasteiger partial charge in [-0.2, -0.15) is 0 Å². The molecule has 0 spiro atoms. The number of esters is 1. The minimum Gasteiger partial charge on any atom is -0.462 e. The number of nitrogens with zero attached hydrogens (tertiary/aromatic N) is 4. The summed E-state index contributed by atoms with van der Waals surface area (Å²) in [5, 5.41) is 78.5. The highest BCUT2D eigenvalue weighted by Gasteiger charge is 2.54. The van der Waals surface area contributed by atoms with Crippen LogP contribution >= 0.6 is 7.52 Å². The van der Waals surface area contributed by atoms with Crippen molar-refractivity contribution in [3.8, 4) is 5.75 Å². The van der Waals surface area contributed by atoms with E-state index >= 15 is 0 Å². The minimum atomic E-state index is -3.85. The Morgan fingerprint density at radius 2 is 1.76 bits per heavy atom. The molecule has 22 heteroatoms. The van der Waals surface area contributed by atoms with E-state index in [1.807, 2.05) is 0 Å². The predicted molar refractivity (Wildman–Crippen MR) is 189 cm³/mol. The number of anilines is 1. The normalized spacial score (nSPS) is 30.8. The van der Waals surface area contributed by atoms with Crippen LogP contribution in [0.1, 0.15) is 27.7 Å². The summed E-state index contributed by atoms with van der Waals surface area (Å²) >= 11 is 0. The molecule has 0 radical (unpaired) electrons. The maximum atomic E-state index is 14.0. The van der Waals surface area contributed by atoms with Gasteiger partial charge in [-0.1, -0.05) is 18.2 Å². The van der Waals surface area contributed by atoms with Crippen molar-refractivity contribution in [1.29, 1.82) is 0 Å². The highest BCUT2D eigenvalue weighted by molar-refractivity contribution is 7.57. The lowest BCUT2D eigenvalue weighted by Crippen LogP contribution is -2.66. The standard InChI is InChI=1S/C33H49N6O15P/c1-17(2)51-31(46)19(4)38-55(48,54-21-8-6-5-7-9-21)16-49-18(3)10-39-15-36-23-29(34-14-35-30(23)39)37-33(47)28(45)27(20(11-40)13-50-33)53-32-26(44)25(43)24(42)22(12-41)52-32/h5-9,14-15,17-20,22,24-28,32,40-45,47H,10-13,16H2,1-4H3,(H,38,48)(H,34,35,37). The fourth-order valence-electron chi connectivity index (χ4n) is 5.94. The van der Waals surface area contributed by atoms with Gasteiger partial charge in [0.2, 0.25) is 0 Å². The number of imidazole rings is 1. The first kappa shape index (κ1) is 42.7. The van der Waals surface area contributed by atoms with Crippen LogP contribution in [0.5, 0.6) is 5.75 Å². The van der Waals surface area contributed by atoms with Gasteiger partial charge in [0.15, 0.2) is 29.4 Å². The smallest absolute Gasteiger partial charge is 0.342 e. The van der Waals surface area contributed by atoms with Crippen LogP contribution in [0.4, 0.5) is 5.82 Å². The molecule has 2 aromatic heterocycles. The largest absolute Gasteiger partial charge is 0.462 e. The molecule has 2 aliphatic rings. The number of carbonyl (C=O) groups is 1. The lowest BCUT2D eigenvalue weighted by atomic mass is 9.93. The predicted octanol–water partition coefficient (Wildman–Crippen LogP) is -1.37. The number of aromatic nitrogens is 4. The third kappa shape index (κ3) is 10.1. The molecule has 5 rings (SSSR count). The highest BCUT2D eigenvalue weighted by atomic mass is 31.2. The van der Waals surface area contributed by atoms with Gasteiger partial charge in [0.25, 0.3) is 5.91 Å². The number of nitrogens with one attached hydrogen (secondary N) is 2. The summed E-state index contributed by atoms with van der Waals surface area (Å²) in [6, 6.07) is 7.42. The van der Waals surface area contributed by atoms with Crippen LogP contribution in [-0.4, -0.2) is 154 Å². The number of aliphatic hydroxyl groups is 7. The molecule has 0 aliphatic carbocycles. The lowest BCUT2D eigenvalue weighted by molar-refractivity contribution is -0.359. The van der Waals surface area contributed by atoms with Gasteiger partial charge in [0, 0.05) is 5.92 Å². The Labute approximate surface area is 315 Å². The maximum Gasteiger partial charge on any atom is 0.342 e. The van der Waals surface area contributed by atoms with E-state index < -0.39 is 99.9 Å². The minimum absolute atomic E-state index is 0.0832. The SMILES string of the molecule is CC(C)OC(=O)C(C)NP(=O)(COC(C)Cn1cnc2c(NC3(O)OCC(CO)C(OC4OC(CO)C(O)C(O)C4O)C3O)ncnc21)Oc1ccccc1. The van der Waals surface area contributed by atoms with E-state index in [4.69, 9.17) is 28.2 Å². The van der Waals surface area contributed by atoms with Crippen molar-refractivity contribution in [2.24, 2.45) is 5.92 Å². The Balaban J connectivity index is 1.28. The summed E-state index contributed by atoms with van der Waals surface area (Å²) < 4.78 is 49.3. The number of rotatable bonds is 17. The Morgan fingerprint density at radius 3 is 2.44 bits per heavy atom. The van der Waals surface area contributed by atoms with E-state index in [-0.39, 0.29) is 36.2 Å². The van der Waals surface area contributed by atoms with E-state index in [1.54, 1.807) is 55.7 Å². The lowest BCUT2D eigenvalue weighted by Gasteiger charge is -2.47. The molecule has 2 saturated heterocycles. The van der Waals surface area contributed by atoms with E-state index in [2.05, 4.69) is 25.4 Å². The molecule has 0 bridgehead atoms. The number of para-hydroxylation sites is 1. The molecule has 0 saturated carbocycles. The number of fused-ring (bicyclic) bond motifs is 1. The molecular formula is C33H49N6O15P. The van der Waals surface area contributed by atoms with Crippen molar-refractivity contribution in [3.05, 3.63) is 43.0 Å². The van der Waals surface area contributed by atoms with Crippen molar-refractivity contribution in [2.45, 2.75) is 101 Å². The zero-order valence-electron chi connectivity index (χ0n) is 30.6. The van der Waals surface area contributed by atoms with Crippen LogP contribution < -0.4 is 14.9 Å². The third-order valence-corrected chi connectivity index (χ3v) is 10.6. The van der Waals surface area contributed by atoms with Crippen molar-refractivity contribution in [1.82, 2.24) is 24.6 Å². The quantitative estimate of drug-likeness (QED) is 0.0432.